The van der Waals surface area contributed by atoms with E-state index in [1.54, 1.807) is 25.3 Å². The average Bonchev–Trinajstić information content (AvgIpc) is 2.82. The minimum Gasteiger partial charge on any atom is -0.497 e. The molecule has 192 valence electrons. The highest BCUT2D eigenvalue weighted by Crippen LogP contribution is 2.31. The van der Waals surface area contributed by atoms with Gasteiger partial charge in [0.2, 0.25) is 21.8 Å². The van der Waals surface area contributed by atoms with E-state index in [1.807, 2.05) is 19.1 Å². The van der Waals surface area contributed by atoms with Crippen molar-refractivity contribution >= 4 is 50.7 Å². The number of hydrogen-bond donors (Lipinski definition) is 1. The second kappa shape index (κ2) is 13.0. The summed E-state index contributed by atoms with van der Waals surface area (Å²) >= 11 is 12.3. The number of hydrogen-bond acceptors (Lipinski definition) is 5. The summed E-state index contributed by atoms with van der Waals surface area (Å²) in [6.45, 7) is 2.09. The van der Waals surface area contributed by atoms with Gasteiger partial charge in [-0.3, -0.25) is 13.9 Å². The Morgan fingerprint density at radius 2 is 1.77 bits per heavy atom. The zero-order valence-corrected chi connectivity index (χ0v) is 22.6. The highest BCUT2D eigenvalue weighted by molar-refractivity contribution is 7.92. The number of nitrogens with zero attached hydrogens (tertiary/aromatic N) is 2. The Morgan fingerprint density at radius 3 is 2.31 bits per heavy atom. The number of anilines is 1. The third kappa shape index (κ3) is 8.02. The molecular weight excluding hydrogens is 513 g/mol. The van der Waals surface area contributed by atoms with E-state index in [0.29, 0.717) is 17.2 Å². The summed E-state index contributed by atoms with van der Waals surface area (Å²) in [5, 5.41) is 3.19. The first-order valence-electron chi connectivity index (χ1n) is 11.1. The van der Waals surface area contributed by atoms with Crippen LogP contribution in [0, 0.1) is 0 Å². The van der Waals surface area contributed by atoms with Gasteiger partial charge >= 0.3 is 0 Å². The van der Waals surface area contributed by atoms with Gasteiger partial charge in [0.1, 0.15) is 11.8 Å². The van der Waals surface area contributed by atoms with E-state index >= 15 is 0 Å². The van der Waals surface area contributed by atoms with E-state index in [-0.39, 0.29) is 48.5 Å². The fourth-order valence-corrected chi connectivity index (χ4v) is 5.08. The number of ether oxygens (including phenoxy) is 1. The maximum atomic E-state index is 13.3. The Balaban J connectivity index is 2.22. The van der Waals surface area contributed by atoms with Crippen LogP contribution in [0.15, 0.2) is 42.5 Å². The molecule has 2 aromatic rings. The van der Waals surface area contributed by atoms with Crippen molar-refractivity contribution in [2.45, 2.75) is 38.8 Å². The van der Waals surface area contributed by atoms with Gasteiger partial charge in [-0.25, -0.2) is 8.42 Å². The smallest absolute Gasteiger partial charge is 0.242 e. The van der Waals surface area contributed by atoms with Gasteiger partial charge in [-0.2, -0.15) is 0 Å². The van der Waals surface area contributed by atoms with Gasteiger partial charge in [-0.1, -0.05) is 42.3 Å². The molecule has 2 rings (SSSR count). The summed E-state index contributed by atoms with van der Waals surface area (Å²) in [5.41, 5.74) is 1.09. The molecule has 0 aromatic heterocycles. The normalized spacial score (nSPS) is 12.1. The minimum absolute atomic E-state index is 0.0256. The summed E-state index contributed by atoms with van der Waals surface area (Å²) in [6.07, 6.45) is 1.75. The Hall–Kier alpha value is -2.49. The minimum atomic E-state index is -3.68. The zero-order chi connectivity index (χ0) is 26.2. The van der Waals surface area contributed by atoms with E-state index in [1.165, 1.54) is 24.1 Å². The SMILES string of the molecule is CC[C@H](C(=O)NC)N(Cc1ccc(OC)cc1)C(=O)CCCN(c1cc(Cl)ccc1Cl)S(C)(=O)=O. The average molecular weight is 545 g/mol. The molecule has 35 heavy (non-hydrogen) atoms. The van der Waals surface area contributed by atoms with E-state index in [4.69, 9.17) is 27.9 Å². The molecular formula is C24H31Cl2N3O5S. The third-order valence-corrected chi connectivity index (χ3v) is 7.21. The van der Waals surface area contributed by atoms with E-state index < -0.39 is 16.1 Å². The van der Waals surface area contributed by atoms with Gasteiger partial charge in [-0.15, -0.1) is 0 Å². The van der Waals surface area contributed by atoms with Gasteiger partial charge in [-0.05, 0) is 48.7 Å². The van der Waals surface area contributed by atoms with Crippen LogP contribution in [0.5, 0.6) is 5.75 Å². The Bertz CT molecular complexity index is 1130. The molecule has 1 atom stereocenters. The maximum absolute atomic E-state index is 13.3. The summed E-state index contributed by atoms with van der Waals surface area (Å²) < 4.78 is 31.2. The van der Waals surface area contributed by atoms with Crippen LogP contribution in [0.4, 0.5) is 5.69 Å². The van der Waals surface area contributed by atoms with Crippen molar-refractivity contribution in [2.75, 3.05) is 31.3 Å². The van der Waals surface area contributed by atoms with Crippen LogP contribution in [0.2, 0.25) is 10.0 Å². The first-order chi connectivity index (χ1) is 16.5. The van der Waals surface area contributed by atoms with Crippen LogP contribution in [0.3, 0.4) is 0 Å². The molecule has 0 radical (unpaired) electrons. The number of sulfonamides is 1. The molecule has 0 aliphatic carbocycles. The van der Waals surface area contributed by atoms with Crippen LogP contribution in [-0.2, 0) is 26.2 Å². The molecule has 2 aromatic carbocycles. The lowest BCUT2D eigenvalue weighted by Gasteiger charge is -2.31. The summed E-state index contributed by atoms with van der Waals surface area (Å²) in [5.74, 6) is 0.158. The Morgan fingerprint density at radius 1 is 1.11 bits per heavy atom. The molecule has 0 saturated carbocycles. The molecule has 11 heteroatoms. The number of halogens is 2. The monoisotopic (exact) mass is 543 g/mol. The van der Waals surface area contributed by atoms with Crippen LogP contribution in [0.25, 0.3) is 0 Å². The summed E-state index contributed by atoms with van der Waals surface area (Å²) in [4.78, 5) is 27.3. The van der Waals surface area contributed by atoms with Crippen LogP contribution >= 0.6 is 23.2 Å². The van der Waals surface area contributed by atoms with Crippen molar-refractivity contribution < 1.29 is 22.7 Å². The van der Waals surface area contributed by atoms with Crippen molar-refractivity contribution in [2.24, 2.45) is 0 Å². The zero-order valence-electron chi connectivity index (χ0n) is 20.3. The van der Waals surface area contributed by atoms with Crippen molar-refractivity contribution in [3.8, 4) is 5.75 Å². The fraction of sp³-hybridized carbons (Fsp3) is 0.417. The van der Waals surface area contributed by atoms with Crippen LogP contribution in [-0.4, -0.2) is 58.1 Å². The molecule has 0 unspecified atom stereocenters. The number of likely N-dealkylation sites (N-methyl/N-ethyl adjacent to an activating group) is 1. The summed E-state index contributed by atoms with van der Waals surface area (Å²) in [7, 11) is -0.583. The lowest BCUT2D eigenvalue weighted by atomic mass is 10.1. The molecule has 1 N–H and O–H groups in total. The van der Waals surface area contributed by atoms with Crippen LogP contribution in [0.1, 0.15) is 31.7 Å². The van der Waals surface area contributed by atoms with E-state index in [9.17, 15) is 18.0 Å². The highest BCUT2D eigenvalue weighted by Gasteiger charge is 2.28. The number of rotatable bonds is 12. The molecule has 0 saturated heterocycles. The quantitative estimate of drug-likeness (QED) is 0.434. The first-order valence-corrected chi connectivity index (χ1v) is 13.7. The molecule has 8 nitrogen and oxygen atoms in total. The predicted molar refractivity (Wildman–Crippen MR) is 140 cm³/mol. The Kier molecular flexibility index (Phi) is 10.7. The van der Waals surface area contributed by atoms with E-state index in [0.717, 1.165) is 16.1 Å². The van der Waals surface area contributed by atoms with Crippen molar-refractivity contribution in [3.05, 3.63) is 58.1 Å². The van der Waals surface area contributed by atoms with Crippen molar-refractivity contribution in [3.63, 3.8) is 0 Å². The largest absolute Gasteiger partial charge is 0.497 e. The topological polar surface area (TPSA) is 96.0 Å². The standard InChI is InChI=1S/C24H31Cl2N3O5S/c1-5-21(24(31)27-2)28(16-17-8-11-19(34-3)12-9-17)23(30)7-6-14-29(35(4,32)33)22-15-18(25)10-13-20(22)26/h8-13,15,21H,5-7,14,16H2,1-4H3,(H,27,31)/t21-/m1/s1. The van der Waals surface area contributed by atoms with Gasteiger partial charge in [0.15, 0.2) is 0 Å². The molecule has 0 aliphatic heterocycles. The number of amides is 2. The fourth-order valence-electron chi connectivity index (χ4n) is 3.67. The molecule has 0 aliphatic rings. The predicted octanol–water partition coefficient (Wildman–Crippen LogP) is 4.10. The summed E-state index contributed by atoms with van der Waals surface area (Å²) in [6, 6.07) is 11.1. The van der Waals surface area contributed by atoms with Crippen LogP contribution < -0.4 is 14.4 Å². The third-order valence-electron chi connectivity index (χ3n) is 5.47. The van der Waals surface area contributed by atoms with Crippen molar-refractivity contribution in [1.29, 1.82) is 0 Å². The molecule has 0 fully saturated rings. The number of methoxy groups -OCH3 is 1. The second-order valence-electron chi connectivity index (χ2n) is 7.94. The molecule has 0 spiro atoms. The maximum Gasteiger partial charge on any atom is 0.242 e. The number of nitrogens with one attached hydrogen (secondary N) is 1. The number of carbonyl (C=O) groups excluding carboxylic acids is 2. The van der Waals surface area contributed by atoms with Crippen molar-refractivity contribution in [1.82, 2.24) is 10.2 Å². The molecule has 0 heterocycles. The Labute approximate surface area is 217 Å². The highest BCUT2D eigenvalue weighted by atomic mass is 35.5. The number of carbonyl (C=O) groups is 2. The van der Waals surface area contributed by atoms with Gasteiger partial charge in [0, 0.05) is 31.6 Å². The second-order valence-corrected chi connectivity index (χ2v) is 10.7. The van der Waals surface area contributed by atoms with Gasteiger partial charge < -0.3 is 15.0 Å². The van der Waals surface area contributed by atoms with Gasteiger partial charge in [0.05, 0.1) is 24.1 Å². The first kappa shape index (κ1) is 28.7. The number of benzene rings is 2. The lowest BCUT2D eigenvalue weighted by molar-refractivity contribution is -0.141. The molecule has 2 amide bonds. The van der Waals surface area contributed by atoms with Gasteiger partial charge in [0.25, 0.3) is 0 Å². The van der Waals surface area contributed by atoms with E-state index in [2.05, 4.69) is 5.32 Å². The molecule has 0 bridgehead atoms. The lowest BCUT2D eigenvalue weighted by Crippen LogP contribution is -2.48.